The van der Waals surface area contributed by atoms with Gasteiger partial charge in [-0.3, -0.25) is 0 Å². The van der Waals surface area contributed by atoms with Crippen LogP contribution in [0, 0.1) is 6.92 Å². The summed E-state index contributed by atoms with van der Waals surface area (Å²) < 4.78 is 0. The van der Waals surface area contributed by atoms with E-state index in [1.165, 1.54) is 0 Å². The highest BCUT2D eigenvalue weighted by Crippen LogP contribution is 2.18. The van der Waals surface area contributed by atoms with Gasteiger partial charge in [-0.1, -0.05) is 25.0 Å². The fourth-order valence-corrected chi connectivity index (χ4v) is 2.55. The first-order valence-electron chi connectivity index (χ1n) is 6.96. The third-order valence-corrected chi connectivity index (χ3v) is 3.62. The minimum absolute atomic E-state index is 0.0429. The van der Waals surface area contributed by atoms with Crippen molar-refractivity contribution in [1.29, 1.82) is 0 Å². The van der Waals surface area contributed by atoms with E-state index in [0.717, 1.165) is 43.5 Å². The van der Waals surface area contributed by atoms with Gasteiger partial charge in [0, 0.05) is 12.2 Å². The van der Waals surface area contributed by atoms with Crippen molar-refractivity contribution in [2.45, 2.75) is 38.6 Å². The van der Waals surface area contributed by atoms with Crippen LogP contribution in [0.4, 0.5) is 10.5 Å². The molecular formula is C15H22N2O2. The molecule has 0 radical (unpaired) electrons. The van der Waals surface area contributed by atoms with Crippen molar-refractivity contribution in [1.82, 2.24) is 4.90 Å². The molecule has 1 atom stereocenters. The maximum atomic E-state index is 12.3. The molecule has 0 aliphatic carbocycles. The van der Waals surface area contributed by atoms with Crippen molar-refractivity contribution in [3.8, 4) is 0 Å². The summed E-state index contributed by atoms with van der Waals surface area (Å²) in [6.07, 6.45) is 4.11. The normalized spacial score (nSPS) is 19.9. The number of aryl methyl sites for hydroxylation is 1. The highest BCUT2D eigenvalue weighted by atomic mass is 16.3. The molecule has 19 heavy (non-hydrogen) atoms. The van der Waals surface area contributed by atoms with E-state index in [-0.39, 0.29) is 18.7 Å². The van der Waals surface area contributed by atoms with E-state index in [1.54, 1.807) is 4.90 Å². The number of aliphatic hydroxyl groups is 1. The van der Waals surface area contributed by atoms with Crippen LogP contribution in [0.5, 0.6) is 0 Å². The fourth-order valence-electron chi connectivity index (χ4n) is 2.55. The first-order chi connectivity index (χ1) is 9.20. The molecule has 0 aromatic heterocycles. The number of nitrogens with one attached hydrogen (secondary N) is 1. The molecule has 2 N–H and O–H groups in total. The van der Waals surface area contributed by atoms with Gasteiger partial charge in [0.15, 0.2) is 0 Å². The molecule has 1 heterocycles. The molecule has 1 aromatic carbocycles. The second-order valence-electron chi connectivity index (χ2n) is 5.18. The lowest BCUT2D eigenvalue weighted by Gasteiger charge is -2.28. The Morgan fingerprint density at radius 1 is 1.42 bits per heavy atom. The highest BCUT2D eigenvalue weighted by molar-refractivity contribution is 5.89. The molecule has 0 saturated carbocycles. The van der Waals surface area contributed by atoms with E-state index in [9.17, 15) is 9.90 Å². The number of carbonyl (C=O) groups is 1. The van der Waals surface area contributed by atoms with E-state index in [4.69, 9.17) is 0 Å². The standard InChI is InChI=1S/C15H22N2O2/c1-12-6-5-7-13(10-12)16-15(19)17-9-4-2-3-8-14(17)11-18/h5-7,10,14,18H,2-4,8-9,11H2,1H3,(H,16,19). The van der Waals surface area contributed by atoms with E-state index >= 15 is 0 Å². The number of amides is 2. The Labute approximate surface area is 114 Å². The second kappa shape index (κ2) is 6.57. The molecule has 4 nitrogen and oxygen atoms in total. The molecule has 0 spiro atoms. The van der Waals surface area contributed by atoms with Gasteiger partial charge < -0.3 is 15.3 Å². The Morgan fingerprint density at radius 2 is 2.26 bits per heavy atom. The van der Waals surface area contributed by atoms with Crippen LogP contribution in [-0.2, 0) is 0 Å². The largest absolute Gasteiger partial charge is 0.394 e. The molecule has 1 aromatic rings. The number of benzene rings is 1. The lowest BCUT2D eigenvalue weighted by Crippen LogP contribution is -2.44. The SMILES string of the molecule is Cc1cccc(NC(=O)N2CCCCCC2CO)c1. The van der Waals surface area contributed by atoms with Gasteiger partial charge in [0.1, 0.15) is 0 Å². The smallest absolute Gasteiger partial charge is 0.322 e. The van der Waals surface area contributed by atoms with Gasteiger partial charge >= 0.3 is 6.03 Å². The zero-order chi connectivity index (χ0) is 13.7. The maximum Gasteiger partial charge on any atom is 0.322 e. The van der Waals surface area contributed by atoms with Crippen molar-refractivity contribution in [2.75, 3.05) is 18.5 Å². The third kappa shape index (κ3) is 3.70. The number of aliphatic hydroxyl groups excluding tert-OH is 1. The molecule has 1 aliphatic heterocycles. The number of likely N-dealkylation sites (tertiary alicyclic amines) is 1. The van der Waals surface area contributed by atoms with Gasteiger partial charge in [0.25, 0.3) is 0 Å². The zero-order valence-electron chi connectivity index (χ0n) is 11.4. The quantitative estimate of drug-likeness (QED) is 0.861. The van der Waals surface area contributed by atoms with Crippen LogP contribution in [0.25, 0.3) is 0 Å². The Balaban J connectivity index is 2.04. The number of anilines is 1. The summed E-state index contributed by atoms with van der Waals surface area (Å²) in [6, 6.07) is 7.61. The van der Waals surface area contributed by atoms with Crippen molar-refractivity contribution in [3.63, 3.8) is 0 Å². The minimum atomic E-state index is -0.105. The topological polar surface area (TPSA) is 52.6 Å². The Bertz CT molecular complexity index is 434. The monoisotopic (exact) mass is 262 g/mol. The molecule has 104 valence electrons. The summed E-state index contributed by atoms with van der Waals surface area (Å²) >= 11 is 0. The maximum absolute atomic E-state index is 12.3. The van der Waals surface area contributed by atoms with Crippen molar-refractivity contribution >= 4 is 11.7 Å². The van der Waals surface area contributed by atoms with Crippen molar-refractivity contribution in [3.05, 3.63) is 29.8 Å². The first kappa shape index (κ1) is 13.9. The van der Waals surface area contributed by atoms with E-state index < -0.39 is 0 Å². The fraction of sp³-hybridized carbons (Fsp3) is 0.533. The van der Waals surface area contributed by atoms with Crippen LogP contribution < -0.4 is 5.32 Å². The number of carbonyl (C=O) groups excluding carboxylic acids is 1. The van der Waals surface area contributed by atoms with Crippen LogP contribution in [0.1, 0.15) is 31.2 Å². The Kier molecular flexibility index (Phi) is 4.80. The van der Waals surface area contributed by atoms with Crippen LogP contribution in [0.3, 0.4) is 0 Å². The van der Waals surface area contributed by atoms with Gasteiger partial charge in [-0.2, -0.15) is 0 Å². The van der Waals surface area contributed by atoms with Gasteiger partial charge in [0.2, 0.25) is 0 Å². The summed E-state index contributed by atoms with van der Waals surface area (Å²) in [6.45, 7) is 2.77. The van der Waals surface area contributed by atoms with Gasteiger partial charge in [0.05, 0.1) is 12.6 Å². The lowest BCUT2D eigenvalue weighted by atomic mass is 10.1. The van der Waals surface area contributed by atoms with Crippen molar-refractivity contribution < 1.29 is 9.90 Å². The minimum Gasteiger partial charge on any atom is -0.394 e. The Hall–Kier alpha value is -1.55. The Morgan fingerprint density at radius 3 is 3.00 bits per heavy atom. The summed E-state index contributed by atoms with van der Waals surface area (Å²) in [4.78, 5) is 14.1. The van der Waals surface area contributed by atoms with E-state index in [0.29, 0.717) is 0 Å². The van der Waals surface area contributed by atoms with Crippen LogP contribution in [0.15, 0.2) is 24.3 Å². The molecular weight excluding hydrogens is 240 g/mol. The molecule has 1 unspecified atom stereocenters. The van der Waals surface area contributed by atoms with Crippen molar-refractivity contribution in [2.24, 2.45) is 0 Å². The van der Waals surface area contributed by atoms with E-state index in [2.05, 4.69) is 5.32 Å². The molecule has 4 heteroatoms. The van der Waals surface area contributed by atoms with Gasteiger partial charge in [-0.05, 0) is 37.5 Å². The second-order valence-corrected chi connectivity index (χ2v) is 5.18. The number of rotatable bonds is 2. The number of urea groups is 1. The lowest BCUT2D eigenvalue weighted by molar-refractivity contribution is 0.142. The predicted molar refractivity (Wildman–Crippen MR) is 76.2 cm³/mol. The van der Waals surface area contributed by atoms with Gasteiger partial charge in [-0.15, -0.1) is 0 Å². The van der Waals surface area contributed by atoms with Crippen LogP contribution in [0.2, 0.25) is 0 Å². The number of hydrogen-bond donors (Lipinski definition) is 2. The average Bonchev–Trinajstić information content (AvgIpc) is 2.63. The molecule has 2 rings (SSSR count). The third-order valence-electron chi connectivity index (χ3n) is 3.62. The first-order valence-corrected chi connectivity index (χ1v) is 6.96. The molecule has 1 saturated heterocycles. The van der Waals surface area contributed by atoms with Crippen LogP contribution >= 0.6 is 0 Å². The summed E-state index contributed by atoms with van der Waals surface area (Å²) in [5, 5.41) is 12.3. The summed E-state index contributed by atoms with van der Waals surface area (Å²) in [5.41, 5.74) is 1.93. The zero-order valence-corrected chi connectivity index (χ0v) is 11.4. The highest BCUT2D eigenvalue weighted by Gasteiger charge is 2.24. The number of hydrogen-bond acceptors (Lipinski definition) is 2. The van der Waals surface area contributed by atoms with Gasteiger partial charge in [-0.25, -0.2) is 4.79 Å². The average molecular weight is 262 g/mol. The summed E-state index contributed by atoms with van der Waals surface area (Å²) in [7, 11) is 0. The molecule has 0 bridgehead atoms. The molecule has 1 fully saturated rings. The summed E-state index contributed by atoms with van der Waals surface area (Å²) in [5.74, 6) is 0. The number of nitrogens with zero attached hydrogens (tertiary/aromatic N) is 1. The molecule has 2 amide bonds. The van der Waals surface area contributed by atoms with E-state index in [1.807, 2.05) is 31.2 Å². The predicted octanol–water partition coefficient (Wildman–Crippen LogP) is 2.76. The molecule has 1 aliphatic rings. The van der Waals surface area contributed by atoms with Crippen LogP contribution in [-0.4, -0.2) is 35.2 Å².